The maximum absolute atomic E-state index is 13.2. The Bertz CT molecular complexity index is 1170. The molecule has 1 N–H and O–H groups in total. The molecule has 1 aliphatic rings. The normalized spacial score (nSPS) is 22.2. The molecular formula is C26H38N4O7. The Balaban J connectivity index is 2.03. The zero-order valence-corrected chi connectivity index (χ0v) is 23.1. The van der Waals surface area contributed by atoms with Gasteiger partial charge in [-0.15, -0.1) is 0 Å². The second-order valence-corrected chi connectivity index (χ2v) is 11.4. The monoisotopic (exact) mass is 518 g/mol. The Hall–Kier alpha value is -3.05. The molecule has 3 heterocycles. The molecule has 4 atom stereocenters. The van der Waals surface area contributed by atoms with Crippen molar-refractivity contribution in [2.45, 2.75) is 86.4 Å². The average molecular weight is 519 g/mol. The molecule has 1 amide bonds. The number of carbonyl (C=O) groups is 3. The van der Waals surface area contributed by atoms with Gasteiger partial charge in [-0.1, -0.05) is 34.6 Å². The van der Waals surface area contributed by atoms with Gasteiger partial charge in [0.05, 0.1) is 12.0 Å². The summed E-state index contributed by atoms with van der Waals surface area (Å²) in [5.74, 6) is -0.864. The van der Waals surface area contributed by atoms with E-state index in [2.05, 4.69) is 36.1 Å². The quantitative estimate of drug-likeness (QED) is 0.521. The Morgan fingerprint density at radius 3 is 2.24 bits per heavy atom. The third-order valence-electron chi connectivity index (χ3n) is 6.11. The van der Waals surface area contributed by atoms with Gasteiger partial charge in [0.1, 0.15) is 23.9 Å². The lowest BCUT2D eigenvalue weighted by molar-refractivity contribution is -0.165. The largest absolute Gasteiger partial charge is 0.456 e. The van der Waals surface area contributed by atoms with Gasteiger partial charge in [0.15, 0.2) is 18.4 Å². The highest BCUT2D eigenvalue weighted by Crippen LogP contribution is 2.39. The number of aryl methyl sites for hydroxylation is 1. The Kier molecular flexibility index (Phi) is 8.28. The number of methoxy groups -OCH3 is 1. The highest BCUT2D eigenvalue weighted by atomic mass is 16.7. The molecule has 3 rings (SSSR count). The highest BCUT2D eigenvalue weighted by Gasteiger charge is 2.50. The summed E-state index contributed by atoms with van der Waals surface area (Å²) in [6.07, 6.45) is 0.449. The summed E-state index contributed by atoms with van der Waals surface area (Å²) in [6.45, 7) is 14.6. The van der Waals surface area contributed by atoms with Gasteiger partial charge in [-0.25, -0.2) is 9.97 Å². The molecule has 2 aromatic heterocycles. The average Bonchev–Trinajstić information content (AvgIpc) is 3.24. The molecule has 0 aromatic carbocycles. The van der Waals surface area contributed by atoms with Crippen LogP contribution in [0.3, 0.4) is 0 Å². The SMILES string of the molecule is COC[C@H]1O[C@@H](n2cc(C)c3c(NC(=O)C(C)(C)CC(C)(C)C)ncnc32)[C@@H](OC(C)=O)C1OC(C)=O. The van der Waals surface area contributed by atoms with Gasteiger partial charge in [0.2, 0.25) is 5.91 Å². The summed E-state index contributed by atoms with van der Waals surface area (Å²) in [5.41, 5.74) is 0.581. The number of nitrogens with one attached hydrogen (secondary N) is 1. The van der Waals surface area contributed by atoms with Gasteiger partial charge in [-0.3, -0.25) is 14.4 Å². The first-order valence-electron chi connectivity index (χ1n) is 12.3. The molecule has 204 valence electrons. The van der Waals surface area contributed by atoms with E-state index in [0.717, 1.165) is 5.56 Å². The third-order valence-corrected chi connectivity index (χ3v) is 6.11. The van der Waals surface area contributed by atoms with Crippen molar-refractivity contribution in [2.75, 3.05) is 19.0 Å². The first kappa shape index (κ1) is 28.5. The van der Waals surface area contributed by atoms with E-state index in [1.807, 2.05) is 20.8 Å². The van der Waals surface area contributed by atoms with Crippen LogP contribution in [0.1, 0.15) is 66.7 Å². The number of nitrogens with zero attached hydrogens (tertiary/aromatic N) is 3. The fourth-order valence-corrected chi connectivity index (χ4v) is 5.12. The highest BCUT2D eigenvalue weighted by molar-refractivity contribution is 6.02. The molecule has 0 aliphatic carbocycles. The van der Waals surface area contributed by atoms with Crippen LogP contribution in [0.2, 0.25) is 0 Å². The second kappa shape index (κ2) is 10.7. The Morgan fingerprint density at radius 1 is 1.05 bits per heavy atom. The van der Waals surface area contributed by atoms with Crippen LogP contribution in [0, 0.1) is 17.8 Å². The summed E-state index contributed by atoms with van der Waals surface area (Å²) in [4.78, 5) is 45.8. The summed E-state index contributed by atoms with van der Waals surface area (Å²) in [5, 5.41) is 3.61. The van der Waals surface area contributed by atoms with Crippen LogP contribution in [0.4, 0.5) is 5.82 Å². The van der Waals surface area contributed by atoms with Crippen LogP contribution in [0.5, 0.6) is 0 Å². The van der Waals surface area contributed by atoms with E-state index in [9.17, 15) is 14.4 Å². The summed E-state index contributed by atoms with van der Waals surface area (Å²) >= 11 is 0. The van der Waals surface area contributed by atoms with E-state index in [-0.39, 0.29) is 17.9 Å². The van der Waals surface area contributed by atoms with E-state index in [4.69, 9.17) is 18.9 Å². The first-order valence-corrected chi connectivity index (χ1v) is 12.3. The fraction of sp³-hybridized carbons (Fsp3) is 0.654. The van der Waals surface area contributed by atoms with Crippen LogP contribution in [0.15, 0.2) is 12.5 Å². The van der Waals surface area contributed by atoms with Crippen LogP contribution >= 0.6 is 0 Å². The number of ether oxygens (including phenoxy) is 4. The molecule has 2 aromatic rings. The Morgan fingerprint density at radius 2 is 1.68 bits per heavy atom. The summed E-state index contributed by atoms with van der Waals surface area (Å²) in [6, 6.07) is 0. The first-order chi connectivity index (χ1) is 17.1. The molecule has 1 aliphatic heterocycles. The standard InChI is InChI=1S/C26H38N4O7/c1-14-10-30(23-20(36-16(3)32)19(35-15(2)31)17(37-23)11-34-9)22-18(14)21(27-13-28-22)29-24(33)26(7,8)12-25(4,5)6/h10,13,17,19-20,23H,11-12H2,1-9H3,(H,27,28,29,33)/t17-,19?,20+,23-/m1/s1. The van der Waals surface area contributed by atoms with Crippen molar-refractivity contribution in [3.8, 4) is 0 Å². The molecule has 0 saturated carbocycles. The van der Waals surface area contributed by atoms with Gasteiger partial charge < -0.3 is 28.8 Å². The van der Waals surface area contributed by atoms with E-state index in [1.165, 1.54) is 27.3 Å². The van der Waals surface area contributed by atoms with Crippen molar-refractivity contribution in [2.24, 2.45) is 10.8 Å². The van der Waals surface area contributed by atoms with E-state index in [1.54, 1.807) is 10.8 Å². The number of esters is 2. The summed E-state index contributed by atoms with van der Waals surface area (Å²) in [7, 11) is 1.50. The molecule has 0 radical (unpaired) electrons. The molecule has 0 spiro atoms. The minimum Gasteiger partial charge on any atom is -0.456 e. The fourth-order valence-electron chi connectivity index (χ4n) is 5.12. The topological polar surface area (TPSA) is 131 Å². The van der Waals surface area contributed by atoms with E-state index < -0.39 is 41.9 Å². The van der Waals surface area contributed by atoms with Gasteiger partial charge in [0, 0.05) is 32.6 Å². The molecular weight excluding hydrogens is 480 g/mol. The Labute approximate surface area is 217 Å². The number of anilines is 1. The number of amides is 1. The molecule has 11 heteroatoms. The van der Waals surface area contributed by atoms with Crippen LogP contribution in [-0.2, 0) is 33.3 Å². The molecule has 37 heavy (non-hydrogen) atoms. The molecule has 1 saturated heterocycles. The maximum Gasteiger partial charge on any atom is 0.303 e. The minimum atomic E-state index is -0.949. The molecule has 1 fully saturated rings. The zero-order valence-electron chi connectivity index (χ0n) is 23.1. The predicted molar refractivity (Wildman–Crippen MR) is 136 cm³/mol. The number of hydrogen-bond donors (Lipinski definition) is 1. The number of carbonyl (C=O) groups excluding carboxylic acids is 3. The van der Waals surface area contributed by atoms with Crippen LogP contribution < -0.4 is 5.32 Å². The molecule has 11 nitrogen and oxygen atoms in total. The van der Waals surface area contributed by atoms with Gasteiger partial charge in [0.25, 0.3) is 0 Å². The van der Waals surface area contributed by atoms with Crippen molar-refractivity contribution in [3.05, 3.63) is 18.1 Å². The lowest BCUT2D eigenvalue weighted by Gasteiger charge is -2.31. The predicted octanol–water partition coefficient (Wildman–Crippen LogP) is 3.55. The minimum absolute atomic E-state index is 0.0379. The van der Waals surface area contributed by atoms with Crippen molar-refractivity contribution in [3.63, 3.8) is 0 Å². The number of rotatable bonds is 8. The molecule has 0 bridgehead atoms. The van der Waals surface area contributed by atoms with E-state index >= 15 is 0 Å². The van der Waals surface area contributed by atoms with Crippen LogP contribution in [-0.4, -0.2) is 64.4 Å². The maximum atomic E-state index is 13.2. The number of fused-ring (bicyclic) bond motifs is 1. The smallest absolute Gasteiger partial charge is 0.303 e. The lowest BCUT2D eigenvalue weighted by Crippen LogP contribution is -2.40. The van der Waals surface area contributed by atoms with Gasteiger partial charge in [-0.2, -0.15) is 0 Å². The van der Waals surface area contributed by atoms with Crippen molar-refractivity contribution in [1.82, 2.24) is 14.5 Å². The van der Waals surface area contributed by atoms with Crippen LogP contribution in [0.25, 0.3) is 11.0 Å². The second-order valence-electron chi connectivity index (χ2n) is 11.4. The van der Waals surface area contributed by atoms with Gasteiger partial charge >= 0.3 is 11.9 Å². The molecule has 1 unspecified atom stereocenters. The third kappa shape index (κ3) is 6.45. The van der Waals surface area contributed by atoms with Crippen molar-refractivity contribution >= 4 is 34.7 Å². The van der Waals surface area contributed by atoms with Gasteiger partial charge in [-0.05, 0) is 24.3 Å². The number of hydrogen-bond acceptors (Lipinski definition) is 9. The number of aromatic nitrogens is 3. The van der Waals surface area contributed by atoms with Crippen molar-refractivity contribution < 1.29 is 33.3 Å². The van der Waals surface area contributed by atoms with E-state index in [0.29, 0.717) is 23.3 Å². The zero-order chi connectivity index (χ0) is 27.7. The lowest BCUT2D eigenvalue weighted by atomic mass is 9.76. The summed E-state index contributed by atoms with van der Waals surface area (Å²) < 4.78 is 24.2. The van der Waals surface area contributed by atoms with Crippen molar-refractivity contribution in [1.29, 1.82) is 0 Å².